The fourth-order valence-electron chi connectivity index (χ4n) is 2.34. The molecule has 7 heteroatoms. The molecule has 2 N–H and O–H groups in total. The number of aromatic nitrogens is 1. The summed E-state index contributed by atoms with van der Waals surface area (Å²) in [4.78, 5) is 23.5. The quantitative estimate of drug-likeness (QED) is 0.741. The van der Waals surface area contributed by atoms with Crippen molar-refractivity contribution in [1.82, 2.24) is 5.16 Å². The molecule has 0 radical (unpaired) electrons. The number of nitrogens with zero attached hydrogens (tertiary/aromatic N) is 1. The third-order valence-electron chi connectivity index (χ3n) is 3.47. The highest BCUT2D eigenvalue weighted by Gasteiger charge is 2.12. The van der Waals surface area contributed by atoms with Gasteiger partial charge in [0, 0.05) is 16.8 Å². The van der Waals surface area contributed by atoms with Crippen molar-refractivity contribution >= 4 is 34.3 Å². The molecule has 3 aromatic rings. The van der Waals surface area contributed by atoms with Crippen molar-refractivity contribution in [3.63, 3.8) is 0 Å². The van der Waals surface area contributed by atoms with Crippen molar-refractivity contribution in [2.45, 2.75) is 13.3 Å². The number of hydrogen-bond acceptors (Lipinski definition) is 5. The van der Waals surface area contributed by atoms with Gasteiger partial charge in [0.2, 0.25) is 5.91 Å². The first-order valence-electron chi connectivity index (χ1n) is 7.82. The Morgan fingerprint density at radius 2 is 1.72 bits per heavy atom. The lowest BCUT2D eigenvalue weighted by atomic mass is 10.1. The SMILES string of the molecule is CCOC(=O)Nc1ccc(NC(=O)Cc2noc3ccccc23)cc1. The monoisotopic (exact) mass is 339 g/mol. The number of hydrogen-bond donors (Lipinski definition) is 2. The van der Waals surface area contributed by atoms with E-state index >= 15 is 0 Å². The third-order valence-corrected chi connectivity index (χ3v) is 3.47. The zero-order chi connectivity index (χ0) is 17.6. The van der Waals surface area contributed by atoms with Gasteiger partial charge in [-0.05, 0) is 43.3 Å². The molecule has 0 bridgehead atoms. The fourth-order valence-corrected chi connectivity index (χ4v) is 2.34. The van der Waals surface area contributed by atoms with E-state index in [-0.39, 0.29) is 12.3 Å². The molecule has 0 saturated carbocycles. The van der Waals surface area contributed by atoms with Gasteiger partial charge in [-0.2, -0.15) is 0 Å². The van der Waals surface area contributed by atoms with E-state index in [2.05, 4.69) is 15.8 Å². The Morgan fingerprint density at radius 1 is 1.04 bits per heavy atom. The summed E-state index contributed by atoms with van der Waals surface area (Å²) in [5.74, 6) is -0.204. The first kappa shape index (κ1) is 16.5. The maximum Gasteiger partial charge on any atom is 0.411 e. The number of carbonyl (C=O) groups is 2. The standard InChI is InChI=1S/C18H17N3O4/c1-2-24-18(23)20-13-9-7-12(8-10-13)19-17(22)11-15-14-5-3-4-6-16(14)25-21-15/h3-10H,2,11H2,1H3,(H,19,22)(H,20,23). The van der Waals surface area contributed by atoms with Crippen LogP contribution in [0.2, 0.25) is 0 Å². The van der Waals surface area contributed by atoms with E-state index in [4.69, 9.17) is 9.26 Å². The molecule has 0 aliphatic rings. The van der Waals surface area contributed by atoms with Crippen molar-refractivity contribution < 1.29 is 18.8 Å². The topological polar surface area (TPSA) is 93.5 Å². The molecular formula is C18H17N3O4. The van der Waals surface area contributed by atoms with Gasteiger partial charge in [0.25, 0.3) is 0 Å². The van der Waals surface area contributed by atoms with Crippen LogP contribution in [0.4, 0.5) is 16.2 Å². The van der Waals surface area contributed by atoms with Gasteiger partial charge < -0.3 is 14.6 Å². The molecule has 0 aliphatic heterocycles. The van der Waals surface area contributed by atoms with E-state index in [1.54, 1.807) is 37.3 Å². The van der Waals surface area contributed by atoms with E-state index < -0.39 is 6.09 Å². The van der Waals surface area contributed by atoms with Gasteiger partial charge in [0.15, 0.2) is 5.58 Å². The fraction of sp³-hybridized carbons (Fsp3) is 0.167. The average Bonchev–Trinajstić information content (AvgIpc) is 3.00. The smallest absolute Gasteiger partial charge is 0.411 e. The minimum absolute atomic E-state index is 0.111. The molecule has 25 heavy (non-hydrogen) atoms. The number of anilines is 2. The molecule has 0 unspecified atom stereocenters. The number of carbonyl (C=O) groups excluding carboxylic acids is 2. The Balaban J connectivity index is 1.60. The first-order valence-corrected chi connectivity index (χ1v) is 7.82. The minimum Gasteiger partial charge on any atom is -0.450 e. The number of fused-ring (bicyclic) bond motifs is 1. The molecule has 128 valence electrons. The molecule has 0 saturated heterocycles. The highest BCUT2D eigenvalue weighted by Crippen LogP contribution is 2.19. The van der Waals surface area contributed by atoms with Crippen molar-refractivity contribution in [2.75, 3.05) is 17.2 Å². The van der Waals surface area contributed by atoms with Crippen molar-refractivity contribution in [3.05, 3.63) is 54.2 Å². The maximum absolute atomic E-state index is 12.2. The van der Waals surface area contributed by atoms with Crippen LogP contribution in [0.5, 0.6) is 0 Å². The van der Waals surface area contributed by atoms with Gasteiger partial charge in [0.05, 0.1) is 13.0 Å². The van der Waals surface area contributed by atoms with Crippen molar-refractivity contribution in [3.8, 4) is 0 Å². The Bertz CT molecular complexity index is 887. The molecule has 1 aromatic heterocycles. The lowest BCUT2D eigenvalue weighted by Crippen LogP contribution is -2.15. The van der Waals surface area contributed by atoms with E-state index in [9.17, 15) is 9.59 Å². The summed E-state index contributed by atoms with van der Waals surface area (Å²) in [5, 5.41) is 10.1. The van der Waals surface area contributed by atoms with Gasteiger partial charge in [-0.25, -0.2) is 4.79 Å². The molecule has 2 amide bonds. The van der Waals surface area contributed by atoms with E-state index in [0.29, 0.717) is 29.3 Å². The predicted molar refractivity (Wildman–Crippen MR) is 93.4 cm³/mol. The predicted octanol–water partition coefficient (Wildman–Crippen LogP) is 3.58. The second-order valence-corrected chi connectivity index (χ2v) is 5.27. The number of para-hydroxylation sites is 1. The Labute approximate surface area is 143 Å². The summed E-state index contributed by atoms with van der Waals surface area (Å²) in [5.41, 5.74) is 2.44. The van der Waals surface area contributed by atoms with Crippen LogP contribution in [0, 0.1) is 0 Å². The van der Waals surface area contributed by atoms with E-state index in [1.807, 2.05) is 18.2 Å². The molecule has 1 heterocycles. The highest BCUT2D eigenvalue weighted by atomic mass is 16.5. The Kier molecular flexibility index (Phi) is 4.94. The molecular weight excluding hydrogens is 322 g/mol. The lowest BCUT2D eigenvalue weighted by molar-refractivity contribution is -0.115. The first-order chi connectivity index (χ1) is 12.2. The average molecular weight is 339 g/mol. The summed E-state index contributed by atoms with van der Waals surface area (Å²) < 4.78 is 9.99. The molecule has 0 atom stereocenters. The van der Waals surface area contributed by atoms with Gasteiger partial charge in [-0.1, -0.05) is 17.3 Å². The van der Waals surface area contributed by atoms with Crippen LogP contribution >= 0.6 is 0 Å². The van der Waals surface area contributed by atoms with E-state index in [1.165, 1.54) is 0 Å². The van der Waals surface area contributed by atoms with Crippen LogP contribution in [0.3, 0.4) is 0 Å². The van der Waals surface area contributed by atoms with Crippen LogP contribution in [-0.2, 0) is 16.0 Å². The zero-order valence-electron chi connectivity index (χ0n) is 13.6. The summed E-state index contributed by atoms with van der Waals surface area (Å²) in [6.45, 7) is 2.03. The lowest BCUT2D eigenvalue weighted by Gasteiger charge is -2.07. The summed E-state index contributed by atoms with van der Waals surface area (Å²) in [6.07, 6.45) is -0.406. The largest absolute Gasteiger partial charge is 0.450 e. The number of benzene rings is 2. The third kappa shape index (κ3) is 4.14. The highest BCUT2D eigenvalue weighted by molar-refractivity contribution is 5.95. The van der Waals surface area contributed by atoms with Crippen molar-refractivity contribution in [2.24, 2.45) is 0 Å². The zero-order valence-corrected chi connectivity index (χ0v) is 13.6. The number of amides is 2. The molecule has 2 aromatic carbocycles. The summed E-state index contributed by atoms with van der Waals surface area (Å²) in [6, 6.07) is 14.1. The van der Waals surface area contributed by atoms with E-state index in [0.717, 1.165) is 5.39 Å². The molecule has 0 fully saturated rings. The van der Waals surface area contributed by atoms with Crippen LogP contribution < -0.4 is 10.6 Å². The second kappa shape index (κ2) is 7.48. The number of rotatable bonds is 5. The maximum atomic E-state index is 12.2. The van der Waals surface area contributed by atoms with Crippen LogP contribution in [-0.4, -0.2) is 23.8 Å². The van der Waals surface area contributed by atoms with Gasteiger partial charge in [-0.15, -0.1) is 0 Å². The molecule has 0 aliphatic carbocycles. The second-order valence-electron chi connectivity index (χ2n) is 5.27. The van der Waals surface area contributed by atoms with Crippen LogP contribution in [0.15, 0.2) is 53.1 Å². The minimum atomic E-state index is -0.516. The molecule has 0 spiro atoms. The molecule has 7 nitrogen and oxygen atoms in total. The van der Waals surface area contributed by atoms with Crippen LogP contribution in [0.1, 0.15) is 12.6 Å². The normalized spacial score (nSPS) is 10.4. The Hall–Kier alpha value is -3.35. The van der Waals surface area contributed by atoms with Gasteiger partial charge >= 0.3 is 6.09 Å². The number of ether oxygens (including phenoxy) is 1. The summed E-state index contributed by atoms with van der Waals surface area (Å²) in [7, 11) is 0. The van der Waals surface area contributed by atoms with Crippen molar-refractivity contribution in [1.29, 1.82) is 0 Å². The van der Waals surface area contributed by atoms with Crippen LogP contribution in [0.25, 0.3) is 11.0 Å². The number of nitrogens with one attached hydrogen (secondary N) is 2. The summed E-state index contributed by atoms with van der Waals surface area (Å²) >= 11 is 0. The van der Waals surface area contributed by atoms with Gasteiger partial charge in [-0.3, -0.25) is 10.1 Å². The molecule has 3 rings (SSSR count). The Morgan fingerprint density at radius 3 is 2.44 bits per heavy atom. The van der Waals surface area contributed by atoms with Gasteiger partial charge in [0.1, 0.15) is 5.69 Å².